The van der Waals surface area contributed by atoms with E-state index in [-0.39, 0.29) is 0 Å². The molecular formula is C17H24BrN. The van der Waals surface area contributed by atoms with Crippen LogP contribution in [0.15, 0.2) is 22.7 Å². The van der Waals surface area contributed by atoms with Gasteiger partial charge in [0.25, 0.3) is 0 Å². The minimum absolute atomic E-state index is 0.399. The van der Waals surface area contributed by atoms with E-state index >= 15 is 0 Å². The lowest BCUT2D eigenvalue weighted by atomic mass is 9.68. The highest BCUT2D eigenvalue weighted by atomic mass is 79.9. The molecule has 1 aromatic rings. The highest BCUT2D eigenvalue weighted by Gasteiger charge is 2.59. The third-order valence-corrected chi connectivity index (χ3v) is 6.81. The number of hydrogen-bond acceptors (Lipinski definition) is 1. The Labute approximate surface area is 125 Å². The van der Waals surface area contributed by atoms with E-state index in [1.807, 2.05) is 0 Å². The second-order valence-electron chi connectivity index (χ2n) is 7.43. The van der Waals surface area contributed by atoms with Gasteiger partial charge in [-0.25, -0.2) is 0 Å². The van der Waals surface area contributed by atoms with Gasteiger partial charge in [0.05, 0.1) is 0 Å². The molecule has 0 amide bonds. The zero-order valence-corrected chi connectivity index (χ0v) is 14.0. The van der Waals surface area contributed by atoms with Gasteiger partial charge in [-0.1, -0.05) is 32.9 Å². The van der Waals surface area contributed by atoms with E-state index in [1.165, 1.54) is 35.0 Å². The number of benzene rings is 1. The maximum absolute atomic E-state index is 3.87. The predicted molar refractivity (Wildman–Crippen MR) is 85.5 cm³/mol. The highest BCUT2D eigenvalue weighted by Crippen LogP contribution is 2.63. The summed E-state index contributed by atoms with van der Waals surface area (Å²) in [5, 5.41) is 3.87. The molecule has 2 heteroatoms. The van der Waals surface area contributed by atoms with E-state index in [1.54, 1.807) is 0 Å². The summed E-state index contributed by atoms with van der Waals surface area (Å²) in [6.07, 6.45) is 4.18. The lowest BCUT2D eigenvalue weighted by molar-refractivity contribution is 0.155. The number of hydrogen-bond donors (Lipinski definition) is 1. The van der Waals surface area contributed by atoms with Gasteiger partial charge in [-0.15, -0.1) is 0 Å². The molecule has 1 aromatic carbocycles. The van der Waals surface area contributed by atoms with Gasteiger partial charge in [0.1, 0.15) is 0 Å². The Morgan fingerprint density at radius 3 is 2.63 bits per heavy atom. The summed E-state index contributed by atoms with van der Waals surface area (Å²) < 4.78 is 1.22. The largest absolute Gasteiger partial charge is 0.380 e. The first-order valence-electron chi connectivity index (χ1n) is 7.36. The fourth-order valence-electron chi connectivity index (χ4n) is 4.58. The minimum atomic E-state index is 0.399. The molecule has 19 heavy (non-hydrogen) atoms. The molecule has 3 atom stereocenters. The van der Waals surface area contributed by atoms with Gasteiger partial charge < -0.3 is 5.32 Å². The van der Waals surface area contributed by atoms with Crippen LogP contribution >= 0.6 is 15.9 Å². The van der Waals surface area contributed by atoms with Gasteiger partial charge in [0.2, 0.25) is 0 Å². The number of fused-ring (bicyclic) bond motifs is 2. The number of aryl methyl sites for hydroxylation is 1. The Morgan fingerprint density at radius 2 is 2.00 bits per heavy atom. The topological polar surface area (TPSA) is 12.0 Å². The second-order valence-corrected chi connectivity index (χ2v) is 8.22. The number of nitrogens with one attached hydrogen (secondary N) is 1. The smallest absolute Gasteiger partial charge is 0.0489 e. The van der Waals surface area contributed by atoms with Crippen LogP contribution in [0, 0.1) is 23.7 Å². The Balaban J connectivity index is 1.93. The number of anilines is 1. The highest BCUT2D eigenvalue weighted by molar-refractivity contribution is 9.10. The van der Waals surface area contributed by atoms with Gasteiger partial charge in [-0.2, -0.15) is 0 Å². The summed E-state index contributed by atoms with van der Waals surface area (Å²) in [6, 6.07) is 7.08. The molecule has 2 fully saturated rings. The van der Waals surface area contributed by atoms with E-state index in [0.717, 1.165) is 5.92 Å². The van der Waals surface area contributed by atoms with Crippen LogP contribution < -0.4 is 5.32 Å². The van der Waals surface area contributed by atoms with E-state index in [0.29, 0.717) is 16.9 Å². The zero-order chi connectivity index (χ0) is 13.8. The van der Waals surface area contributed by atoms with Crippen molar-refractivity contribution in [1.29, 1.82) is 0 Å². The molecule has 2 aliphatic carbocycles. The Kier molecular flexibility index (Phi) is 3.01. The van der Waals surface area contributed by atoms with Crippen molar-refractivity contribution in [2.75, 3.05) is 5.32 Å². The molecule has 104 valence electrons. The van der Waals surface area contributed by atoms with Crippen LogP contribution in [0.25, 0.3) is 0 Å². The fraction of sp³-hybridized carbons (Fsp3) is 0.647. The lowest BCUT2D eigenvalue weighted by Crippen LogP contribution is -2.45. The predicted octanol–water partition coefficient (Wildman–Crippen LogP) is 5.38. The van der Waals surface area contributed by atoms with Crippen molar-refractivity contribution < 1.29 is 0 Å². The van der Waals surface area contributed by atoms with Crippen LogP contribution in [0.3, 0.4) is 0 Å². The van der Waals surface area contributed by atoms with Crippen LogP contribution in [0.5, 0.6) is 0 Å². The SMILES string of the molecule is Cc1cccc(NC2C3(C)CCC(C3)C2(C)C)c1Br. The van der Waals surface area contributed by atoms with Crippen LogP contribution in [0.4, 0.5) is 5.69 Å². The van der Waals surface area contributed by atoms with Crippen molar-refractivity contribution in [2.45, 2.75) is 53.0 Å². The average Bonchev–Trinajstić information content (AvgIpc) is 2.81. The maximum atomic E-state index is 3.87. The first-order chi connectivity index (χ1) is 8.84. The van der Waals surface area contributed by atoms with E-state index in [4.69, 9.17) is 0 Å². The van der Waals surface area contributed by atoms with Gasteiger partial charge in [-0.3, -0.25) is 0 Å². The number of rotatable bonds is 2. The molecule has 2 saturated carbocycles. The van der Waals surface area contributed by atoms with E-state index in [2.05, 4.69) is 67.1 Å². The fourth-order valence-corrected chi connectivity index (χ4v) is 4.96. The molecule has 0 aliphatic heterocycles. The van der Waals surface area contributed by atoms with Crippen molar-refractivity contribution in [3.05, 3.63) is 28.2 Å². The summed E-state index contributed by atoms with van der Waals surface area (Å²) >= 11 is 3.73. The normalized spacial score (nSPS) is 35.6. The van der Waals surface area contributed by atoms with Crippen molar-refractivity contribution >= 4 is 21.6 Å². The van der Waals surface area contributed by atoms with E-state index in [9.17, 15) is 0 Å². The molecular weight excluding hydrogens is 298 g/mol. The van der Waals surface area contributed by atoms with Gasteiger partial charge in [-0.05, 0) is 70.5 Å². The summed E-state index contributed by atoms with van der Waals surface area (Å²) in [5.74, 6) is 0.888. The van der Waals surface area contributed by atoms with Crippen LogP contribution in [0.1, 0.15) is 45.6 Å². The summed E-state index contributed by atoms with van der Waals surface area (Å²) in [5.41, 5.74) is 3.43. The molecule has 0 spiro atoms. The molecule has 3 rings (SSSR count). The van der Waals surface area contributed by atoms with E-state index < -0.39 is 0 Å². The molecule has 0 saturated heterocycles. The molecule has 1 N–H and O–H groups in total. The molecule has 3 unspecified atom stereocenters. The molecule has 2 bridgehead atoms. The van der Waals surface area contributed by atoms with Gasteiger partial charge in [0, 0.05) is 16.2 Å². The quantitative estimate of drug-likeness (QED) is 0.770. The molecule has 2 aliphatic rings. The molecule has 0 heterocycles. The van der Waals surface area contributed by atoms with Gasteiger partial charge in [0.15, 0.2) is 0 Å². The first-order valence-corrected chi connectivity index (χ1v) is 8.15. The Morgan fingerprint density at radius 1 is 1.26 bits per heavy atom. The zero-order valence-electron chi connectivity index (χ0n) is 12.4. The van der Waals surface area contributed by atoms with Crippen molar-refractivity contribution in [2.24, 2.45) is 16.7 Å². The Bertz CT molecular complexity index is 503. The minimum Gasteiger partial charge on any atom is -0.380 e. The molecule has 0 aromatic heterocycles. The third-order valence-electron chi connectivity index (χ3n) is 5.76. The molecule has 0 radical (unpaired) electrons. The maximum Gasteiger partial charge on any atom is 0.0489 e. The monoisotopic (exact) mass is 321 g/mol. The number of halogens is 1. The van der Waals surface area contributed by atoms with Crippen LogP contribution in [-0.2, 0) is 0 Å². The summed E-state index contributed by atoms with van der Waals surface area (Å²) in [4.78, 5) is 0. The second kappa shape index (κ2) is 4.25. The molecule has 1 nitrogen and oxygen atoms in total. The first kappa shape index (κ1) is 13.5. The van der Waals surface area contributed by atoms with Gasteiger partial charge >= 0.3 is 0 Å². The third kappa shape index (κ3) is 1.94. The van der Waals surface area contributed by atoms with Crippen molar-refractivity contribution in [3.8, 4) is 0 Å². The summed E-state index contributed by atoms with van der Waals surface area (Å²) in [6.45, 7) is 9.53. The lowest BCUT2D eigenvalue weighted by Gasteiger charge is -2.44. The van der Waals surface area contributed by atoms with Crippen molar-refractivity contribution in [1.82, 2.24) is 0 Å². The van der Waals surface area contributed by atoms with Crippen LogP contribution in [-0.4, -0.2) is 6.04 Å². The standard InChI is InChI=1S/C17H24BrN/c1-11-6-5-7-13(14(11)18)19-15-16(2,3)12-8-9-17(15,4)10-12/h5-7,12,15,19H,8-10H2,1-4H3. The summed E-state index contributed by atoms with van der Waals surface area (Å²) in [7, 11) is 0. The average molecular weight is 322 g/mol. The van der Waals surface area contributed by atoms with Crippen LogP contribution in [0.2, 0.25) is 0 Å². The van der Waals surface area contributed by atoms with Crippen molar-refractivity contribution in [3.63, 3.8) is 0 Å². The Hall–Kier alpha value is -0.500.